The van der Waals surface area contributed by atoms with Gasteiger partial charge in [0, 0.05) is 23.1 Å². The third kappa shape index (κ3) is 4.62. The molecule has 2 aliphatic heterocycles. The van der Waals surface area contributed by atoms with Crippen LogP contribution in [0.2, 0.25) is 0 Å². The Balaban J connectivity index is 1.71. The smallest absolute Gasteiger partial charge is 0.266 e. The predicted molar refractivity (Wildman–Crippen MR) is 115 cm³/mol. The van der Waals surface area contributed by atoms with Crippen LogP contribution in [0.4, 0.5) is 0 Å². The number of aliphatic hydroxyl groups excluding tert-OH is 1. The van der Waals surface area contributed by atoms with Crippen LogP contribution < -0.4 is 14.8 Å². The van der Waals surface area contributed by atoms with Crippen molar-refractivity contribution in [3.63, 3.8) is 0 Å². The lowest BCUT2D eigenvalue weighted by molar-refractivity contribution is -0.129. The van der Waals surface area contributed by atoms with Gasteiger partial charge in [-0.3, -0.25) is 14.5 Å². The van der Waals surface area contributed by atoms with Crippen molar-refractivity contribution in [3.8, 4) is 11.5 Å². The number of amides is 2. The lowest BCUT2D eigenvalue weighted by Gasteiger charge is -2.18. The number of ether oxygens (including phenoxy) is 2. The molecule has 2 N–H and O–H groups in total. The van der Waals surface area contributed by atoms with Crippen molar-refractivity contribution in [2.75, 3.05) is 32.3 Å². The molecule has 0 aromatic heterocycles. The summed E-state index contributed by atoms with van der Waals surface area (Å²) in [6.07, 6.45) is 1.12. The first-order chi connectivity index (χ1) is 13.4. The van der Waals surface area contributed by atoms with E-state index in [0.29, 0.717) is 37.8 Å². The molecule has 0 unspecified atom stereocenters. The Labute approximate surface area is 176 Å². The molecule has 0 radical (unpaired) electrons. The molecule has 2 atom stereocenters. The van der Waals surface area contributed by atoms with Gasteiger partial charge in [0.25, 0.3) is 5.91 Å². The van der Waals surface area contributed by atoms with E-state index in [0.717, 1.165) is 11.8 Å². The first-order valence-electron chi connectivity index (χ1n) is 8.45. The molecule has 7 nitrogen and oxygen atoms in total. The van der Waals surface area contributed by atoms with Gasteiger partial charge in [-0.1, -0.05) is 24.0 Å². The van der Waals surface area contributed by atoms with Gasteiger partial charge in [-0.05, 0) is 18.2 Å². The molecule has 2 aliphatic rings. The molecule has 0 bridgehead atoms. The van der Waals surface area contributed by atoms with E-state index in [2.05, 4.69) is 5.32 Å². The Morgan fingerprint density at radius 1 is 1.39 bits per heavy atom. The number of methoxy groups -OCH3 is 2. The van der Waals surface area contributed by atoms with Gasteiger partial charge in [-0.25, -0.2) is 0 Å². The molecule has 10 heteroatoms. The summed E-state index contributed by atoms with van der Waals surface area (Å²) in [5.74, 6) is 1.79. The van der Waals surface area contributed by atoms with Gasteiger partial charge in [-0.15, -0.1) is 0 Å². The van der Waals surface area contributed by atoms with Gasteiger partial charge in [0.1, 0.15) is 22.4 Å². The number of carbonyl (C=O) groups is 2. The fourth-order valence-corrected chi connectivity index (χ4v) is 5.21. The second-order valence-corrected chi connectivity index (χ2v) is 8.91. The molecule has 0 aliphatic carbocycles. The minimum absolute atomic E-state index is 0.171. The molecule has 0 spiro atoms. The number of benzene rings is 1. The largest absolute Gasteiger partial charge is 0.497 e. The van der Waals surface area contributed by atoms with Crippen LogP contribution in [0.5, 0.6) is 11.5 Å². The Bertz CT molecular complexity index is 829. The third-order valence-electron chi connectivity index (χ3n) is 4.30. The standard InChI is InChI=1S/C18H20N2O5S3/c1-24-11-4-3-10(14(6-11)25-2)5-15-17(23)20(18(26)28-15)7-16(22)19-12-8-27-9-13(12)21/h3-6,12-13,21H,7-9H2,1-2H3,(H,19,22)/b15-5+/t12-,13-/m0/s1. The zero-order valence-electron chi connectivity index (χ0n) is 15.3. The molecule has 1 aromatic carbocycles. The van der Waals surface area contributed by atoms with E-state index in [1.165, 1.54) is 12.0 Å². The summed E-state index contributed by atoms with van der Waals surface area (Å²) >= 11 is 8.00. The zero-order chi connectivity index (χ0) is 20.3. The average molecular weight is 441 g/mol. The number of thiocarbonyl (C=S) groups is 1. The maximum Gasteiger partial charge on any atom is 0.266 e. The van der Waals surface area contributed by atoms with E-state index >= 15 is 0 Å². The SMILES string of the molecule is COc1ccc(/C=C2/SC(=S)N(CC(=O)N[C@H]3CSC[C@@H]3O)C2=O)c(OC)c1. The Morgan fingerprint density at radius 2 is 2.18 bits per heavy atom. The molecule has 2 heterocycles. The predicted octanol–water partition coefficient (Wildman–Crippen LogP) is 1.50. The highest BCUT2D eigenvalue weighted by Crippen LogP contribution is 2.35. The number of rotatable bonds is 6. The summed E-state index contributed by atoms with van der Waals surface area (Å²) in [5.41, 5.74) is 0.708. The molecule has 2 fully saturated rings. The number of nitrogens with one attached hydrogen (secondary N) is 1. The van der Waals surface area contributed by atoms with Crippen molar-refractivity contribution in [2.45, 2.75) is 12.1 Å². The van der Waals surface area contributed by atoms with Gasteiger partial charge >= 0.3 is 0 Å². The normalized spacial score (nSPS) is 23.4. The summed E-state index contributed by atoms with van der Waals surface area (Å²) in [6.45, 7) is -0.171. The van der Waals surface area contributed by atoms with Gasteiger partial charge in [0.05, 0.1) is 31.3 Å². The fraction of sp³-hybridized carbons (Fsp3) is 0.389. The molecule has 0 saturated carbocycles. The number of thioether (sulfide) groups is 2. The van der Waals surface area contributed by atoms with Crippen LogP contribution in [-0.4, -0.2) is 70.6 Å². The van der Waals surface area contributed by atoms with Crippen molar-refractivity contribution in [1.82, 2.24) is 10.2 Å². The second-order valence-electron chi connectivity index (χ2n) is 6.15. The van der Waals surface area contributed by atoms with E-state index in [4.69, 9.17) is 21.7 Å². The van der Waals surface area contributed by atoms with Crippen LogP contribution in [0.1, 0.15) is 5.56 Å². The third-order valence-corrected chi connectivity index (χ3v) is 6.85. The van der Waals surface area contributed by atoms with E-state index in [-0.39, 0.29) is 24.4 Å². The monoisotopic (exact) mass is 440 g/mol. The van der Waals surface area contributed by atoms with Crippen molar-refractivity contribution in [2.24, 2.45) is 0 Å². The van der Waals surface area contributed by atoms with Crippen LogP contribution in [0.25, 0.3) is 6.08 Å². The second kappa shape index (κ2) is 9.17. The quantitative estimate of drug-likeness (QED) is 0.508. The first-order valence-corrected chi connectivity index (χ1v) is 10.8. The zero-order valence-corrected chi connectivity index (χ0v) is 17.8. The highest BCUT2D eigenvalue weighted by Gasteiger charge is 2.35. The highest BCUT2D eigenvalue weighted by molar-refractivity contribution is 8.26. The fourth-order valence-electron chi connectivity index (χ4n) is 2.79. The van der Waals surface area contributed by atoms with E-state index < -0.39 is 6.10 Å². The van der Waals surface area contributed by atoms with Crippen molar-refractivity contribution in [3.05, 3.63) is 28.7 Å². The van der Waals surface area contributed by atoms with E-state index in [9.17, 15) is 14.7 Å². The molecule has 28 heavy (non-hydrogen) atoms. The Hall–Kier alpha value is -1.75. The summed E-state index contributed by atoms with van der Waals surface area (Å²) < 4.78 is 10.9. The number of hydrogen-bond acceptors (Lipinski definition) is 8. The maximum atomic E-state index is 12.7. The average Bonchev–Trinajstić information content (AvgIpc) is 3.19. The van der Waals surface area contributed by atoms with Crippen LogP contribution in [-0.2, 0) is 9.59 Å². The van der Waals surface area contributed by atoms with Gasteiger partial charge in [-0.2, -0.15) is 11.8 Å². The van der Waals surface area contributed by atoms with Crippen molar-refractivity contribution >= 4 is 58.0 Å². The maximum absolute atomic E-state index is 12.7. The molecular weight excluding hydrogens is 420 g/mol. The summed E-state index contributed by atoms with van der Waals surface area (Å²) in [5, 5.41) is 12.6. The van der Waals surface area contributed by atoms with E-state index in [1.54, 1.807) is 43.1 Å². The van der Waals surface area contributed by atoms with Crippen LogP contribution >= 0.6 is 35.7 Å². The molecule has 2 saturated heterocycles. The minimum atomic E-state index is -0.567. The number of nitrogens with zero attached hydrogens (tertiary/aromatic N) is 1. The molecule has 1 aromatic rings. The summed E-state index contributed by atoms with van der Waals surface area (Å²) in [6, 6.07) is 4.99. The van der Waals surface area contributed by atoms with Crippen molar-refractivity contribution in [1.29, 1.82) is 0 Å². The van der Waals surface area contributed by atoms with Gasteiger partial charge < -0.3 is 19.9 Å². The number of carbonyl (C=O) groups excluding carboxylic acids is 2. The number of aliphatic hydroxyl groups is 1. The van der Waals surface area contributed by atoms with Gasteiger partial charge in [0.15, 0.2) is 0 Å². The van der Waals surface area contributed by atoms with Gasteiger partial charge in [0.2, 0.25) is 5.91 Å². The topological polar surface area (TPSA) is 88.1 Å². The molecule has 150 valence electrons. The molecule has 2 amide bonds. The summed E-state index contributed by atoms with van der Waals surface area (Å²) in [7, 11) is 3.10. The number of hydrogen-bond donors (Lipinski definition) is 2. The lowest BCUT2D eigenvalue weighted by Crippen LogP contribution is -2.47. The van der Waals surface area contributed by atoms with Crippen LogP contribution in [0.15, 0.2) is 23.1 Å². The van der Waals surface area contributed by atoms with E-state index in [1.807, 2.05) is 0 Å². The molecule has 3 rings (SSSR count). The highest BCUT2D eigenvalue weighted by atomic mass is 32.2. The summed E-state index contributed by atoms with van der Waals surface area (Å²) in [4.78, 5) is 26.7. The Morgan fingerprint density at radius 3 is 2.82 bits per heavy atom. The van der Waals surface area contributed by atoms with Crippen molar-refractivity contribution < 1.29 is 24.2 Å². The lowest BCUT2D eigenvalue weighted by atomic mass is 10.1. The molecular formula is C18H20N2O5S3. The van der Waals surface area contributed by atoms with Crippen LogP contribution in [0.3, 0.4) is 0 Å². The van der Waals surface area contributed by atoms with Crippen LogP contribution in [0, 0.1) is 0 Å². The first kappa shape index (κ1) is 21.0. The Kier molecular flexibility index (Phi) is 6.86. The minimum Gasteiger partial charge on any atom is -0.497 e.